The van der Waals surface area contributed by atoms with E-state index in [4.69, 9.17) is 9.47 Å². The van der Waals surface area contributed by atoms with Gasteiger partial charge in [-0.3, -0.25) is 0 Å². The predicted octanol–water partition coefficient (Wildman–Crippen LogP) is 4.60. The number of halogens is 1. The highest BCUT2D eigenvalue weighted by Crippen LogP contribution is 2.37. The Morgan fingerprint density at radius 2 is 1.79 bits per heavy atom. The van der Waals surface area contributed by atoms with Gasteiger partial charge in [0.25, 0.3) is 0 Å². The first-order valence-electron chi connectivity index (χ1n) is 6.27. The van der Waals surface area contributed by atoms with Crippen LogP contribution in [0.1, 0.15) is 18.1 Å². The molecule has 0 saturated carbocycles. The molecule has 2 aromatic carbocycles. The molecule has 0 fully saturated rings. The fourth-order valence-corrected chi connectivity index (χ4v) is 2.45. The van der Waals surface area contributed by atoms with Crippen molar-refractivity contribution in [1.82, 2.24) is 0 Å². The van der Waals surface area contributed by atoms with Crippen LogP contribution in [0.25, 0.3) is 0 Å². The average Bonchev–Trinajstić information content (AvgIpc) is 2.46. The van der Waals surface area contributed by atoms with Gasteiger partial charge in [-0.1, -0.05) is 37.3 Å². The summed E-state index contributed by atoms with van der Waals surface area (Å²) in [6.45, 7) is 2.65. The second kappa shape index (κ2) is 6.62. The third-order valence-corrected chi connectivity index (χ3v) is 3.51. The molecular weight excluding hydrogens is 304 g/mol. The van der Waals surface area contributed by atoms with Crippen molar-refractivity contribution in [2.24, 2.45) is 0 Å². The maximum atomic E-state index is 5.87. The number of ether oxygens (including phenoxy) is 2. The molecule has 0 amide bonds. The minimum absolute atomic E-state index is 0.529. The minimum Gasteiger partial charge on any atom is -0.493 e. The summed E-state index contributed by atoms with van der Waals surface area (Å²) in [4.78, 5) is 0. The lowest BCUT2D eigenvalue weighted by atomic mass is 10.1. The Kier molecular flexibility index (Phi) is 4.86. The van der Waals surface area contributed by atoms with E-state index in [9.17, 15) is 0 Å². The van der Waals surface area contributed by atoms with Gasteiger partial charge in [0.15, 0.2) is 11.5 Å². The SMILES string of the molecule is CCc1cc(Br)c(OCc2ccccc2)c(OC)c1. The van der Waals surface area contributed by atoms with Gasteiger partial charge in [0.1, 0.15) is 6.61 Å². The first-order chi connectivity index (χ1) is 9.24. The highest BCUT2D eigenvalue weighted by Gasteiger charge is 2.11. The molecule has 0 radical (unpaired) electrons. The van der Waals surface area contributed by atoms with Gasteiger partial charge in [0, 0.05) is 0 Å². The molecule has 0 bridgehead atoms. The summed E-state index contributed by atoms with van der Waals surface area (Å²) in [5, 5.41) is 0. The van der Waals surface area contributed by atoms with E-state index in [1.807, 2.05) is 36.4 Å². The zero-order chi connectivity index (χ0) is 13.7. The monoisotopic (exact) mass is 320 g/mol. The fourth-order valence-electron chi connectivity index (χ4n) is 1.85. The molecule has 0 heterocycles. The van der Waals surface area contributed by atoms with Crippen LogP contribution in [0.4, 0.5) is 0 Å². The summed E-state index contributed by atoms with van der Waals surface area (Å²) < 4.78 is 12.2. The van der Waals surface area contributed by atoms with Crippen LogP contribution in [0, 0.1) is 0 Å². The lowest BCUT2D eigenvalue weighted by Crippen LogP contribution is -1.99. The summed E-state index contributed by atoms with van der Waals surface area (Å²) in [6, 6.07) is 14.2. The molecule has 0 aliphatic carbocycles. The van der Waals surface area contributed by atoms with E-state index in [-0.39, 0.29) is 0 Å². The zero-order valence-electron chi connectivity index (χ0n) is 11.2. The first-order valence-corrected chi connectivity index (χ1v) is 7.07. The Hall–Kier alpha value is -1.48. The second-order valence-electron chi connectivity index (χ2n) is 4.24. The van der Waals surface area contributed by atoms with Gasteiger partial charge in [-0.25, -0.2) is 0 Å². The van der Waals surface area contributed by atoms with Gasteiger partial charge in [0.05, 0.1) is 11.6 Å². The smallest absolute Gasteiger partial charge is 0.175 e. The van der Waals surface area contributed by atoms with Gasteiger partial charge >= 0.3 is 0 Å². The van der Waals surface area contributed by atoms with E-state index < -0.39 is 0 Å². The van der Waals surface area contributed by atoms with Crippen LogP contribution >= 0.6 is 15.9 Å². The minimum atomic E-state index is 0.529. The summed E-state index contributed by atoms with van der Waals surface area (Å²) in [6.07, 6.45) is 0.966. The molecule has 0 aliphatic rings. The Bertz CT molecular complexity index is 538. The molecule has 0 unspecified atom stereocenters. The van der Waals surface area contributed by atoms with Crippen LogP contribution in [-0.4, -0.2) is 7.11 Å². The van der Waals surface area contributed by atoms with Crippen LogP contribution in [-0.2, 0) is 13.0 Å². The second-order valence-corrected chi connectivity index (χ2v) is 5.09. The van der Waals surface area contributed by atoms with Crippen LogP contribution in [0.15, 0.2) is 46.9 Å². The van der Waals surface area contributed by atoms with Gasteiger partial charge in [-0.05, 0) is 45.6 Å². The molecule has 2 nitrogen and oxygen atoms in total. The molecule has 0 aromatic heterocycles. The topological polar surface area (TPSA) is 18.5 Å². The Balaban J connectivity index is 2.20. The highest BCUT2D eigenvalue weighted by molar-refractivity contribution is 9.10. The van der Waals surface area contributed by atoms with E-state index >= 15 is 0 Å². The first kappa shape index (κ1) is 13.9. The Morgan fingerprint density at radius 3 is 2.42 bits per heavy atom. The van der Waals surface area contributed by atoms with Gasteiger partial charge < -0.3 is 9.47 Å². The van der Waals surface area contributed by atoms with Crippen LogP contribution in [0.3, 0.4) is 0 Å². The van der Waals surface area contributed by atoms with E-state index in [0.717, 1.165) is 28.0 Å². The number of rotatable bonds is 5. The van der Waals surface area contributed by atoms with Gasteiger partial charge in [-0.2, -0.15) is 0 Å². The van der Waals surface area contributed by atoms with E-state index in [1.165, 1.54) is 5.56 Å². The lowest BCUT2D eigenvalue weighted by Gasteiger charge is -2.14. The molecule has 100 valence electrons. The number of methoxy groups -OCH3 is 1. The molecule has 2 aromatic rings. The maximum Gasteiger partial charge on any atom is 0.175 e. The zero-order valence-corrected chi connectivity index (χ0v) is 12.7. The average molecular weight is 321 g/mol. The number of hydrogen-bond acceptors (Lipinski definition) is 2. The third-order valence-electron chi connectivity index (χ3n) is 2.92. The Labute approximate surface area is 122 Å². The fraction of sp³-hybridized carbons (Fsp3) is 0.250. The molecular formula is C16H17BrO2. The molecule has 0 aliphatic heterocycles. The largest absolute Gasteiger partial charge is 0.493 e. The molecule has 0 saturated heterocycles. The van der Waals surface area contributed by atoms with Crippen molar-refractivity contribution in [1.29, 1.82) is 0 Å². The quantitative estimate of drug-likeness (QED) is 0.801. The summed E-state index contributed by atoms with van der Waals surface area (Å²) in [5.41, 5.74) is 2.35. The maximum absolute atomic E-state index is 5.87. The van der Waals surface area contributed by atoms with Crippen molar-refractivity contribution in [3.63, 3.8) is 0 Å². The van der Waals surface area contributed by atoms with Crippen molar-refractivity contribution in [2.45, 2.75) is 20.0 Å². The normalized spacial score (nSPS) is 10.3. The van der Waals surface area contributed by atoms with Gasteiger partial charge in [-0.15, -0.1) is 0 Å². The lowest BCUT2D eigenvalue weighted by molar-refractivity contribution is 0.282. The van der Waals surface area contributed by atoms with E-state index in [1.54, 1.807) is 7.11 Å². The summed E-state index contributed by atoms with van der Waals surface area (Å²) in [5.74, 6) is 1.52. The van der Waals surface area contributed by atoms with Gasteiger partial charge in [0.2, 0.25) is 0 Å². The van der Waals surface area contributed by atoms with Crippen molar-refractivity contribution < 1.29 is 9.47 Å². The Morgan fingerprint density at radius 1 is 1.05 bits per heavy atom. The number of hydrogen-bond donors (Lipinski definition) is 0. The predicted molar refractivity (Wildman–Crippen MR) is 80.8 cm³/mol. The van der Waals surface area contributed by atoms with Crippen molar-refractivity contribution in [2.75, 3.05) is 7.11 Å². The molecule has 3 heteroatoms. The summed E-state index contributed by atoms with van der Waals surface area (Å²) >= 11 is 3.55. The highest BCUT2D eigenvalue weighted by atomic mass is 79.9. The molecule has 0 spiro atoms. The number of benzene rings is 2. The van der Waals surface area contributed by atoms with Crippen molar-refractivity contribution >= 4 is 15.9 Å². The van der Waals surface area contributed by atoms with Crippen molar-refractivity contribution in [3.8, 4) is 11.5 Å². The summed E-state index contributed by atoms with van der Waals surface area (Å²) in [7, 11) is 1.66. The molecule has 0 N–H and O–H groups in total. The molecule has 0 atom stereocenters. The van der Waals surface area contributed by atoms with Crippen LogP contribution in [0.2, 0.25) is 0 Å². The van der Waals surface area contributed by atoms with Crippen molar-refractivity contribution in [3.05, 3.63) is 58.1 Å². The van der Waals surface area contributed by atoms with Crippen LogP contribution < -0.4 is 9.47 Å². The molecule has 2 rings (SSSR count). The van der Waals surface area contributed by atoms with E-state index in [0.29, 0.717) is 6.61 Å². The van der Waals surface area contributed by atoms with Crippen LogP contribution in [0.5, 0.6) is 11.5 Å². The standard InChI is InChI=1S/C16H17BrO2/c1-3-12-9-14(17)16(15(10-12)18-2)19-11-13-7-5-4-6-8-13/h4-10H,3,11H2,1-2H3. The molecule has 19 heavy (non-hydrogen) atoms. The third kappa shape index (κ3) is 3.51. The number of aryl methyl sites for hydroxylation is 1. The van der Waals surface area contributed by atoms with E-state index in [2.05, 4.69) is 28.9 Å².